The molecule has 2 aromatic heterocycles. The Morgan fingerprint density at radius 2 is 2.32 bits per heavy atom. The molecular formula is C13H17N3O2S. The highest BCUT2D eigenvalue weighted by Gasteiger charge is 2.29. The summed E-state index contributed by atoms with van der Waals surface area (Å²) < 4.78 is 10.9. The predicted molar refractivity (Wildman–Crippen MR) is 72.1 cm³/mol. The molecule has 1 saturated heterocycles. The van der Waals surface area contributed by atoms with E-state index in [2.05, 4.69) is 34.1 Å². The van der Waals surface area contributed by atoms with Crippen molar-refractivity contribution in [2.75, 3.05) is 19.8 Å². The molecule has 0 aromatic carbocycles. The summed E-state index contributed by atoms with van der Waals surface area (Å²) in [6.45, 7) is 7.15. The Kier molecular flexibility index (Phi) is 3.63. The Morgan fingerprint density at radius 3 is 3.00 bits per heavy atom. The van der Waals surface area contributed by atoms with E-state index in [4.69, 9.17) is 9.26 Å². The Bertz CT molecular complexity index is 552. The monoisotopic (exact) mass is 279 g/mol. The van der Waals surface area contributed by atoms with Crippen LogP contribution in [-0.4, -0.2) is 34.8 Å². The van der Waals surface area contributed by atoms with Crippen LogP contribution in [0.25, 0.3) is 0 Å². The summed E-state index contributed by atoms with van der Waals surface area (Å²) in [5.41, 5.74) is 0. The number of rotatable bonds is 3. The van der Waals surface area contributed by atoms with Crippen molar-refractivity contribution < 1.29 is 9.26 Å². The maximum atomic E-state index is 5.55. The minimum Gasteiger partial charge on any atom is -0.378 e. The first-order valence-corrected chi connectivity index (χ1v) is 7.21. The van der Waals surface area contributed by atoms with Gasteiger partial charge in [0.1, 0.15) is 6.04 Å². The van der Waals surface area contributed by atoms with Gasteiger partial charge in [0.15, 0.2) is 5.82 Å². The molecule has 19 heavy (non-hydrogen) atoms. The fourth-order valence-electron chi connectivity index (χ4n) is 2.27. The zero-order valence-electron chi connectivity index (χ0n) is 11.1. The second-order valence-corrected chi connectivity index (χ2v) is 6.13. The van der Waals surface area contributed by atoms with Crippen LogP contribution in [-0.2, 0) is 11.3 Å². The van der Waals surface area contributed by atoms with Crippen LogP contribution in [0.5, 0.6) is 0 Å². The predicted octanol–water partition coefficient (Wildman–Crippen LogP) is 2.32. The van der Waals surface area contributed by atoms with Crippen molar-refractivity contribution in [2.45, 2.75) is 26.4 Å². The summed E-state index contributed by atoms with van der Waals surface area (Å²) >= 11 is 1.83. The van der Waals surface area contributed by atoms with Crippen LogP contribution in [0.2, 0.25) is 0 Å². The lowest BCUT2D eigenvalue weighted by atomic mass is 10.2. The molecule has 0 amide bonds. The van der Waals surface area contributed by atoms with E-state index in [1.165, 1.54) is 9.75 Å². The molecule has 5 nitrogen and oxygen atoms in total. The third-order valence-corrected chi connectivity index (χ3v) is 4.21. The van der Waals surface area contributed by atoms with Gasteiger partial charge in [-0.25, -0.2) is 0 Å². The lowest BCUT2D eigenvalue weighted by molar-refractivity contribution is -0.0236. The second-order valence-electron chi connectivity index (χ2n) is 4.75. The van der Waals surface area contributed by atoms with Crippen molar-refractivity contribution in [1.82, 2.24) is 15.0 Å². The van der Waals surface area contributed by atoms with E-state index in [-0.39, 0.29) is 6.04 Å². The fraction of sp³-hybridized carbons (Fsp3) is 0.538. The van der Waals surface area contributed by atoms with Crippen molar-refractivity contribution in [3.8, 4) is 0 Å². The number of hydrogen-bond donors (Lipinski definition) is 0. The molecule has 0 spiro atoms. The normalized spacial score (nSPS) is 20.8. The molecule has 1 atom stereocenters. The topological polar surface area (TPSA) is 51.4 Å². The van der Waals surface area contributed by atoms with Gasteiger partial charge < -0.3 is 9.26 Å². The van der Waals surface area contributed by atoms with Gasteiger partial charge in [-0.15, -0.1) is 11.3 Å². The van der Waals surface area contributed by atoms with Gasteiger partial charge in [-0.1, -0.05) is 5.16 Å². The van der Waals surface area contributed by atoms with Gasteiger partial charge in [0.25, 0.3) is 0 Å². The second kappa shape index (κ2) is 5.40. The summed E-state index contributed by atoms with van der Waals surface area (Å²) in [6.07, 6.45) is 0. The smallest absolute Gasteiger partial charge is 0.246 e. The quantitative estimate of drug-likeness (QED) is 0.863. The SMILES string of the molecule is Cc1noc([C@H]2COCCN2Cc2ccc(C)s2)n1. The Hall–Kier alpha value is -1.24. The van der Waals surface area contributed by atoms with Gasteiger partial charge >= 0.3 is 0 Å². The molecular weight excluding hydrogens is 262 g/mol. The molecule has 0 aliphatic carbocycles. The van der Waals surface area contributed by atoms with Crippen molar-refractivity contribution in [3.63, 3.8) is 0 Å². The van der Waals surface area contributed by atoms with Gasteiger partial charge in [-0.3, -0.25) is 4.90 Å². The molecule has 0 saturated carbocycles. The van der Waals surface area contributed by atoms with Crippen molar-refractivity contribution in [2.24, 2.45) is 0 Å². The Labute approximate surface area is 116 Å². The molecule has 0 bridgehead atoms. The van der Waals surface area contributed by atoms with Gasteiger partial charge in [0.2, 0.25) is 5.89 Å². The molecule has 6 heteroatoms. The summed E-state index contributed by atoms with van der Waals surface area (Å²) in [5.74, 6) is 1.33. The molecule has 0 radical (unpaired) electrons. The highest BCUT2D eigenvalue weighted by Crippen LogP contribution is 2.26. The summed E-state index contributed by atoms with van der Waals surface area (Å²) in [4.78, 5) is 9.39. The summed E-state index contributed by atoms with van der Waals surface area (Å²) in [7, 11) is 0. The van der Waals surface area contributed by atoms with E-state index >= 15 is 0 Å². The molecule has 3 rings (SSSR count). The van der Waals surface area contributed by atoms with Crippen molar-refractivity contribution >= 4 is 11.3 Å². The highest BCUT2D eigenvalue weighted by molar-refractivity contribution is 7.11. The Morgan fingerprint density at radius 1 is 1.42 bits per heavy atom. The zero-order valence-corrected chi connectivity index (χ0v) is 11.9. The number of ether oxygens (including phenoxy) is 1. The fourth-order valence-corrected chi connectivity index (χ4v) is 3.19. The molecule has 3 heterocycles. The lowest BCUT2D eigenvalue weighted by Gasteiger charge is -2.32. The van der Waals surface area contributed by atoms with Crippen LogP contribution in [0, 0.1) is 13.8 Å². The largest absolute Gasteiger partial charge is 0.378 e. The van der Waals surface area contributed by atoms with Gasteiger partial charge in [-0.05, 0) is 26.0 Å². The van der Waals surface area contributed by atoms with Crippen LogP contribution >= 0.6 is 11.3 Å². The van der Waals surface area contributed by atoms with Gasteiger partial charge in [-0.2, -0.15) is 4.98 Å². The number of hydrogen-bond acceptors (Lipinski definition) is 6. The van der Waals surface area contributed by atoms with Crippen LogP contribution in [0.1, 0.15) is 27.5 Å². The maximum absolute atomic E-state index is 5.55. The highest BCUT2D eigenvalue weighted by atomic mass is 32.1. The van der Waals surface area contributed by atoms with Crippen molar-refractivity contribution in [1.29, 1.82) is 0 Å². The zero-order chi connectivity index (χ0) is 13.2. The van der Waals surface area contributed by atoms with E-state index < -0.39 is 0 Å². The molecule has 2 aromatic rings. The van der Waals surface area contributed by atoms with E-state index in [0.29, 0.717) is 18.3 Å². The Balaban J connectivity index is 1.77. The minimum atomic E-state index is 0.0670. The van der Waals surface area contributed by atoms with Gasteiger partial charge in [0.05, 0.1) is 13.2 Å². The summed E-state index contributed by atoms with van der Waals surface area (Å²) in [5, 5.41) is 3.87. The van der Waals surface area contributed by atoms with E-state index in [1.807, 2.05) is 18.3 Å². The molecule has 1 aliphatic rings. The minimum absolute atomic E-state index is 0.0670. The van der Waals surface area contributed by atoms with Gasteiger partial charge in [0, 0.05) is 22.8 Å². The third-order valence-electron chi connectivity index (χ3n) is 3.22. The average Bonchev–Trinajstić information content (AvgIpc) is 2.99. The lowest BCUT2D eigenvalue weighted by Crippen LogP contribution is -2.39. The molecule has 0 N–H and O–H groups in total. The molecule has 0 unspecified atom stereocenters. The molecule has 102 valence electrons. The van der Waals surface area contributed by atoms with Crippen LogP contribution in [0.3, 0.4) is 0 Å². The third kappa shape index (κ3) is 2.86. The maximum Gasteiger partial charge on any atom is 0.246 e. The number of thiophene rings is 1. The first kappa shape index (κ1) is 12.8. The van der Waals surface area contributed by atoms with E-state index in [9.17, 15) is 0 Å². The summed E-state index contributed by atoms with van der Waals surface area (Å²) in [6, 6.07) is 4.41. The number of morpholine rings is 1. The molecule has 1 aliphatic heterocycles. The average molecular weight is 279 g/mol. The van der Waals surface area contributed by atoms with Crippen molar-refractivity contribution in [3.05, 3.63) is 33.6 Å². The molecule has 1 fully saturated rings. The first-order chi connectivity index (χ1) is 9.22. The van der Waals surface area contributed by atoms with Crippen LogP contribution < -0.4 is 0 Å². The number of aromatic nitrogens is 2. The van der Waals surface area contributed by atoms with Crippen LogP contribution in [0.15, 0.2) is 16.7 Å². The van der Waals surface area contributed by atoms with E-state index in [1.54, 1.807) is 0 Å². The standard InChI is InChI=1S/C13H17N3O2S/c1-9-3-4-11(19-9)7-16-5-6-17-8-12(16)13-14-10(2)15-18-13/h3-4,12H,5-8H2,1-2H3/t12-/m1/s1. The van der Waals surface area contributed by atoms with E-state index in [0.717, 1.165) is 19.7 Å². The number of aryl methyl sites for hydroxylation is 2. The first-order valence-electron chi connectivity index (χ1n) is 6.39. The van der Waals surface area contributed by atoms with Crippen LogP contribution in [0.4, 0.5) is 0 Å². The number of nitrogens with zero attached hydrogens (tertiary/aromatic N) is 3.